The zero-order chi connectivity index (χ0) is 12.3. The number of carbonyl (C=O) groups excluding carboxylic acids is 1. The molecule has 0 saturated carbocycles. The molecule has 88 valence electrons. The van der Waals surface area contributed by atoms with Crippen molar-refractivity contribution in [1.82, 2.24) is 5.32 Å². The van der Waals surface area contributed by atoms with E-state index in [9.17, 15) is 4.79 Å². The average Bonchev–Trinajstić information content (AvgIpc) is 2.23. The van der Waals surface area contributed by atoms with Gasteiger partial charge in [-0.2, -0.15) is 0 Å². The highest BCUT2D eigenvalue weighted by atomic mass is 16.5. The first-order chi connectivity index (χ1) is 7.51. The number of primary amides is 1. The largest absolute Gasteiger partial charge is 0.496 e. The third-order valence-corrected chi connectivity index (χ3v) is 2.73. The van der Waals surface area contributed by atoms with Crippen LogP contribution in [0, 0.1) is 13.8 Å². The van der Waals surface area contributed by atoms with Gasteiger partial charge in [0, 0.05) is 5.56 Å². The Bertz CT molecular complexity index is 402. The molecule has 0 heterocycles. The van der Waals surface area contributed by atoms with Gasteiger partial charge in [0.1, 0.15) is 11.8 Å². The molecule has 0 spiro atoms. The monoisotopic (exact) mass is 222 g/mol. The Morgan fingerprint density at radius 3 is 2.38 bits per heavy atom. The van der Waals surface area contributed by atoms with Crippen LogP contribution in [0.3, 0.4) is 0 Å². The van der Waals surface area contributed by atoms with Crippen LogP contribution in [0.5, 0.6) is 5.75 Å². The van der Waals surface area contributed by atoms with Crippen LogP contribution < -0.4 is 15.8 Å². The lowest BCUT2D eigenvalue weighted by Gasteiger charge is -2.18. The molecule has 16 heavy (non-hydrogen) atoms. The zero-order valence-electron chi connectivity index (χ0n) is 10.1. The molecule has 3 N–H and O–H groups in total. The molecule has 0 aliphatic rings. The number of carbonyl (C=O) groups is 1. The first-order valence-corrected chi connectivity index (χ1v) is 5.13. The fourth-order valence-electron chi connectivity index (χ4n) is 1.67. The number of hydrogen-bond donors (Lipinski definition) is 2. The van der Waals surface area contributed by atoms with E-state index in [1.807, 2.05) is 26.0 Å². The smallest absolute Gasteiger partial charge is 0.239 e. The van der Waals surface area contributed by atoms with E-state index in [2.05, 4.69) is 5.32 Å². The maximum atomic E-state index is 11.3. The summed E-state index contributed by atoms with van der Waals surface area (Å²) in [5.74, 6) is 0.269. The Balaban J connectivity index is 3.30. The van der Waals surface area contributed by atoms with Crippen molar-refractivity contribution in [3.63, 3.8) is 0 Å². The van der Waals surface area contributed by atoms with E-state index in [1.165, 1.54) is 0 Å². The minimum atomic E-state index is -0.519. The Kier molecular flexibility index (Phi) is 3.90. The maximum Gasteiger partial charge on any atom is 0.239 e. The highest BCUT2D eigenvalue weighted by molar-refractivity contribution is 5.82. The minimum Gasteiger partial charge on any atom is -0.496 e. The molecule has 0 aliphatic carbocycles. The van der Waals surface area contributed by atoms with Crippen LogP contribution in [0.25, 0.3) is 0 Å². The summed E-state index contributed by atoms with van der Waals surface area (Å²) >= 11 is 0. The van der Waals surface area contributed by atoms with Gasteiger partial charge in [0.15, 0.2) is 0 Å². The molecule has 1 aromatic rings. The summed E-state index contributed by atoms with van der Waals surface area (Å²) in [5, 5.41) is 2.88. The van der Waals surface area contributed by atoms with E-state index < -0.39 is 11.9 Å². The second-order valence-electron chi connectivity index (χ2n) is 3.80. The molecule has 1 atom stereocenters. The molecular formula is C12H18N2O2. The number of rotatable bonds is 4. The molecule has 0 aromatic heterocycles. The number of nitrogens with two attached hydrogens (primary N) is 1. The van der Waals surface area contributed by atoms with Crippen LogP contribution in [0.1, 0.15) is 22.7 Å². The summed E-state index contributed by atoms with van der Waals surface area (Å²) in [6.45, 7) is 3.99. The molecule has 0 aliphatic heterocycles. The lowest BCUT2D eigenvalue weighted by atomic mass is 9.99. The predicted molar refractivity (Wildman–Crippen MR) is 63.5 cm³/mol. The van der Waals surface area contributed by atoms with Crippen molar-refractivity contribution in [1.29, 1.82) is 0 Å². The summed E-state index contributed by atoms with van der Waals surface area (Å²) in [6.07, 6.45) is 0. The van der Waals surface area contributed by atoms with Gasteiger partial charge in [-0.1, -0.05) is 6.07 Å². The lowest BCUT2D eigenvalue weighted by molar-refractivity contribution is -0.120. The number of likely N-dealkylation sites (N-methyl/N-ethyl adjacent to an activating group) is 1. The number of aryl methyl sites for hydroxylation is 2. The molecule has 1 unspecified atom stereocenters. The van der Waals surface area contributed by atoms with Crippen molar-refractivity contribution in [3.8, 4) is 5.75 Å². The van der Waals surface area contributed by atoms with Crippen molar-refractivity contribution in [2.24, 2.45) is 5.73 Å². The van der Waals surface area contributed by atoms with E-state index in [-0.39, 0.29) is 0 Å². The van der Waals surface area contributed by atoms with Gasteiger partial charge in [-0.3, -0.25) is 4.79 Å². The Morgan fingerprint density at radius 1 is 1.38 bits per heavy atom. The van der Waals surface area contributed by atoms with E-state index in [1.54, 1.807) is 14.2 Å². The van der Waals surface area contributed by atoms with Gasteiger partial charge in [0.05, 0.1) is 7.11 Å². The maximum absolute atomic E-state index is 11.3. The Labute approximate surface area is 95.8 Å². The average molecular weight is 222 g/mol. The molecule has 4 heteroatoms. The lowest BCUT2D eigenvalue weighted by Crippen LogP contribution is -2.31. The number of benzene rings is 1. The molecule has 0 bridgehead atoms. The van der Waals surface area contributed by atoms with Gasteiger partial charge >= 0.3 is 0 Å². The van der Waals surface area contributed by atoms with Gasteiger partial charge in [-0.25, -0.2) is 0 Å². The van der Waals surface area contributed by atoms with Crippen molar-refractivity contribution in [2.45, 2.75) is 19.9 Å². The van der Waals surface area contributed by atoms with Crippen molar-refractivity contribution >= 4 is 5.91 Å². The van der Waals surface area contributed by atoms with Crippen LogP contribution in [-0.4, -0.2) is 20.1 Å². The topological polar surface area (TPSA) is 64.3 Å². The number of nitrogens with one attached hydrogen (secondary N) is 1. The van der Waals surface area contributed by atoms with E-state index in [0.717, 1.165) is 16.7 Å². The second-order valence-corrected chi connectivity index (χ2v) is 3.80. The van der Waals surface area contributed by atoms with Crippen molar-refractivity contribution < 1.29 is 9.53 Å². The Hall–Kier alpha value is -1.55. The van der Waals surface area contributed by atoms with Gasteiger partial charge in [0.25, 0.3) is 0 Å². The number of methoxy groups -OCH3 is 1. The molecule has 1 aromatic carbocycles. The summed E-state index contributed by atoms with van der Waals surface area (Å²) in [5.41, 5.74) is 8.35. The van der Waals surface area contributed by atoms with Crippen LogP contribution in [0.15, 0.2) is 12.1 Å². The normalized spacial score (nSPS) is 12.2. The fourth-order valence-corrected chi connectivity index (χ4v) is 1.67. The van der Waals surface area contributed by atoms with E-state index in [4.69, 9.17) is 10.5 Å². The van der Waals surface area contributed by atoms with Gasteiger partial charge in [-0.05, 0) is 38.1 Å². The van der Waals surface area contributed by atoms with Crippen molar-refractivity contribution in [3.05, 3.63) is 28.8 Å². The summed E-state index contributed by atoms with van der Waals surface area (Å²) in [7, 11) is 3.28. The SMILES string of the molecule is CNC(C(N)=O)c1cc(C)c(C)cc1OC. The van der Waals surface area contributed by atoms with Crippen LogP contribution >= 0.6 is 0 Å². The molecule has 0 radical (unpaired) electrons. The third kappa shape index (κ3) is 2.33. The third-order valence-electron chi connectivity index (χ3n) is 2.73. The molecule has 0 saturated heterocycles. The van der Waals surface area contributed by atoms with Crippen LogP contribution in [0.2, 0.25) is 0 Å². The first kappa shape index (κ1) is 12.5. The van der Waals surface area contributed by atoms with Gasteiger partial charge in [-0.15, -0.1) is 0 Å². The first-order valence-electron chi connectivity index (χ1n) is 5.13. The van der Waals surface area contributed by atoms with E-state index in [0.29, 0.717) is 5.75 Å². The summed E-state index contributed by atoms with van der Waals surface area (Å²) in [6, 6.07) is 3.33. The zero-order valence-corrected chi connectivity index (χ0v) is 10.1. The number of ether oxygens (including phenoxy) is 1. The molecular weight excluding hydrogens is 204 g/mol. The molecule has 0 fully saturated rings. The predicted octanol–water partition coefficient (Wildman–Crippen LogP) is 1.06. The quantitative estimate of drug-likeness (QED) is 0.800. The van der Waals surface area contributed by atoms with E-state index >= 15 is 0 Å². The number of amides is 1. The molecule has 1 amide bonds. The van der Waals surface area contributed by atoms with Gasteiger partial charge < -0.3 is 15.8 Å². The fraction of sp³-hybridized carbons (Fsp3) is 0.417. The molecule has 4 nitrogen and oxygen atoms in total. The highest BCUT2D eigenvalue weighted by Crippen LogP contribution is 2.28. The second kappa shape index (κ2) is 4.99. The van der Waals surface area contributed by atoms with Crippen LogP contribution in [0.4, 0.5) is 0 Å². The minimum absolute atomic E-state index is 0.413. The highest BCUT2D eigenvalue weighted by Gasteiger charge is 2.20. The van der Waals surface area contributed by atoms with Crippen LogP contribution in [-0.2, 0) is 4.79 Å². The van der Waals surface area contributed by atoms with Crippen molar-refractivity contribution in [2.75, 3.05) is 14.2 Å². The number of hydrogen-bond acceptors (Lipinski definition) is 3. The Morgan fingerprint density at radius 2 is 1.94 bits per heavy atom. The van der Waals surface area contributed by atoms with Gasteiger partial charge in [0.2, 0.25) is 5.91 Å². The molecule has 1 rings (SSSR count). The standard InChI is InChI=1S/C12H18N2O2/c1-7-5-9(11(14-3)12(13)15)10(16-4)6-8(7)2/h5-6,11,14H,1-4H3,(H2,13,15). The summed E-state index contributed by atoms with van der Waals surface area (Å²) in [4.78, 5) is 11.3. The summed E-state index contributed by atoms with van der Waals surface area (Å²) < 4.78 is 5.27.